The van der Waals surface area contributed by atoms with Crippen molar-refractivity contribution in [3.63, 3.8) is 0 Å². The van der Waals surface area contributed by atoms with Gasteiger partial charge in [-0.25, -0.2) is 0 Å². The quantitative estimate of drug-likeness (QED) is 0.384. The fraction of sp³-hybridized carbons (Fsp3) is 0.583. The van der Waals surface area contributed by atoms with Gasteiger partial charge >= 0.3 is 6.18 Å². The summed E-state index contributed by atoms with van der Waals surface area (Å²) < 4.78 is 46.6. The van der Waals surface area contributed by atoms with Crippen molar-refractivity contribution in [3.05, 3.63) is 47.0 Å². The molecule has 37 heavy (non-hydrogen) atoms. The number of halogens is 3. The summed E-state index contributed by atoms with van der Waals surface area (Å²) in [6.07, 6.45) is 4.45. The molecule has 4 rings (SSSR count). The van der Waals surface area contributed by atoms with Crippen molar-refractivity contribution in [2.45, 2.75) is 64.6 Å². The average Bonchev–Trinajstić information content (AvgIpc) is 3.54. The van der Waals surface area contributed by atoms with Gasteiger partial charge in [0.05, 0.1) is 17.8 Å². The highest BCUT2D eigenvalue weighted by Gasteiger charge is 2.35. The Hall–Kier alpha value is -3.51. The molecular weight excluding hydrogens is 489 g/mol. The molecule has 200 valence electrons. The summed E-state index contributed by atoms with van der Waals surface area (Å²) in [5.41, 5.74) is -0.00634. The molecule has 1 saturated heterocycles. The Bertz CT molecular complexity index is 1140. The summed E-state index contributed by atoms with van der Waals surface area (Å²) in [6, 6.07) is 3.67. The number of hydrogen-bond donors (Lipinski definition) is 1. The first-order valence-electron chi connectivity index (χ1n) is 12.5. The summed E-state index contributed by atoms with van der Waals surface area (Å²) in [5, 5.41) is 21.9. The lowest BCUT2D eigenvalue weighted by Crippen LogP contribution is -2.41. The zero-order valence-corrected chi connectivity index (χ0v) is 20.7. The molecule has 1 fully saturated rings. The topological polar surface area (TPSA) is 115 Å². The van der Waals surface area contributed by atoms with Crippen molar-refractivity contribution in [2.24, 2.45) is 5.92 Å². The number of carbonyl (C=O) groups excluding carboxylic acids is 1. The lowest BCUT2D eigenvalue weighted by molar-refractivity contribution is -0.138. The van der Waals surface area contributed by atoms with E-state index in [1.165, 1.54) is 12.1 Å². The van der Waals surface area contributed by atoms with Crippen LogP contribution in [-0.2, 0) is 23.9 Å². The monoisotopic (exact) mass is 520 g/mol. The SMILES string of the molecule is Cc1nnn(Cc2c(OCC(=O)N3CCC(CCCCCc4c[nH]nn4)CC3)cccc2C(F)(F)F)n1. The second kappa shape index (κ2) is 12.2. The van der Waals surface area contributed by atoms with Gasteiger partial charge in [0.1, 0.15) is 5.75 Å². The van der Waals surface area contributed by atoms with E-state index in [1.54, 1.807) is 11.8 Å². The molecule has 0 bridgehead atoms. The standard InChI is InChI=1S/C24H31F3N8O2/c1-17-29-33-35(31-17)15-20-21(24(25,26)27)8-5-9-22(20)37-16-23(36)34-12-10-18(11-13-34)6-3-2-4-7-19-14-28-32-30-19/h5,8-9,14,18H,2-4,6-7,10-13,15-16H2,1H3,(H,28,30,32). The van der Waals surface area contributed by atoms with Gasteiger partial charge < -0.3 is 9.64 Å². The number of nitrogens with one attached hydrogen (secondary N) is 1. The maximum Gasteiger partial charge on any atom is 0.416 e. The van der Waals surface area contributed by atoms with Crippen LogP contribution in [0.2, 0.25) is 0 Å². The number of benzene rings is 1. The van der Waals surface area contributed by atoms with E-state index in [0.717, 1.165) is 61.5 Å². The van der Waals surface area contributed by atoms with E-state index in [-0.39, 0.29) is 30.4 Å². The predicted octanol–water partition coefficient (Wildman–Crippen LogP) is 3.59. The highest BCUT2D eigenvalue weighted by atomic mass is 19.4. The summed E-state index contributed by atoms with van der Waals surface area (Å²) in [4.78, 5) is 15.6. The number of rotatable bonds is 11. The van der Waals surface area contributed by atoms with Crippen LogP contribution in [0.25, 0.3) is 0 Å². The van der Waals surface area contributed by atoms with Crippen molar-refractivity contribution in [1.29, 1.82) is 0 Å². The summed E-state index contributed by atoms with van der Waals surface area (Å²) >= 11 is 0. The lowest BCUT2D eigenvalue weighted by atomic mass is 9.91. The van der Waals surface area contributed by atoms with Crippen LogP contribution in [0.4, 0.5) is 13.2 Å². The second-order valence-corrected chi connectivity index (χ2v) is 9.32. The normalized spacial score (nSPS) is 14.8. The van der Waals surface area contributed by atoms with Gasteiger partial charge in [0, 0.05) is 24.8 Å². The number of tetrazole rings is 1. The molecular formula is C24H31F3N8O2. The highest BCUT2D eigenvalue weighted by molar-refractivity contribution is 5.78. The van der Waals surface area contributed by atoms with Crippen LogP contribution in [-0.4, -0.2) is 66.1 Å². The van der Waals surface area contributed by atoms with Crippen molar-refractivity contribution in [2.75, 3.05) is 19.7 Å². The molecule has 0 saturated carbocycles. The maximum absolute atomic E-state index is 13.7. The van der Waals surface area contributed by atoms with Crippen LogP contribution in [0.1, 0.15) is 61.2 Å². The molecule has 1 aromatic carbocycles. The molecule has 3 heterocycles. The number of hydrogen-bond acceptors (Lipinski definition) is 7. The molecule has 13 heteroatoms. The molecule has 0 unspecified atom stereocenters. The Labute approximate surface area is 212 Å². The van der Waals surface area contributed by atoms with Gasteiger partial charge in [-0.05, 0) is 55.9 Å². The van der Waals surface area contributed by atoms with Crippen LogP contribution < -0.4 is 4.74 Å². The Morgan fingerprint density at radius 1 is 1.16 bits per heavy atom. The number of alkyl halides is 3. The average molecular weight is 521 g/mol. The number of likely N-dealkylation sites (tertiary alicyclic amines) is 1. The minimum Gasteiger partial charge on any atom is -0.483 e. The van der Waals surface area contributed by atoms with Crippen LogP contribution in [0, 0.1) is 12.8 Å². The first-order valence-corrected chi connectivity index (χ1v) is 12.5. The summed E-state index contributed by atoms with van der Waals surface area (Å²) in [6.45, 7) is 2.25. The largest absolute Gasteiger partial charge is 0.483 e. The van der Waals surface area contributed by atoms with Crippen molar-refractivity contribution in [1.82, 2.24) is 40.5 Å². The molecule has 2 aromatic heterocycles. The van der Waals surface area contributed by atoms with Crippen molar-refractivity contribution in [3.8, 4) is 5.75 Å². The molecule has 1 aliphatic rings. The van der Waals surface area contributed by atoms with Gasteiger partial charge in [0.15, 0.2) is 12.4 Å². The highest BCUT2D eigenvalue weighted by Crippen LogP contribution is 2.36. The van der Waals surface area contributed by atoms with Crippen molar-refractivity contribution < 1.29 is 22.7 Å². The number of aryl methyl sites for hydroxylation is 2. The van der Waals surface area contributed by atoms with E-state index in [0.29, 0.717) is 24.8 Å². The van der Waals surface area contributed by atoms with Gasteiger partial charge in [-0.2, -0.15) is 18.0 Å². The van der Waals surface area contributed by atoms with E-state index in [9.17, 15) is 18.0 Å². The third-order valence-electron chi connectivity index (χ3n) is 6.62. The van der Waals surface area contributed by atoms with E-state index >= 15 is 0 Å². The number of amides is 1. The van der Waals surface area contributed by atoms with Gasteiger partial charge in [0.25, 0.3) is 5.91 Å². The third-order valence-corrected chi connectivity index (χ3v) is 6.62. The summed E-state index contributed by atoms with van der Waals surface area (Å²) in [7, 11) is 0. The second-order valence-electron chi connectivity index (χ2n) is 9.32. The fourth-order valence-corrected chi connectivity index (χ4v) is 4.63. The zero-order chi connectivity index (χ0) is 26.3. The van der Waals surface area contributed by atoms with Crippen LogP contribution in [0.5, 0.6) is 5.75 Å². The number of aromatic nitrogens is 7. The minimum absolute atomic E-state index is 0.0152. The van der Waals surface area contributed by atoms with Crippen molar-refractivity contribution >= 4 is 5.91 Å². The number of H-pyrrole nitrogens is 1. The molecule has 0 spiro atoms. The fourth-order valence-electron chi connectivity index (χ4n) is 4.63. The number of aromatic amines is 1. The Morgan fingerprint density at radius 2 is 1.97 bits per heavy atom. The number of nitrogens with zero attached hydrogens (tertiary/aromatic N) is 7. The smallest absolute Gasteiger partial charge is 0.416 e. The van der Waals surface area contributed by atoms with E-state index in [4.69, 9.17) is 4.74 Å². The molecule has 10 nitrogen and oxygen atoms in total. The third kappa shape index (κ3) is 7.49. The van der Waals surface area contributed by atoms with Gasteiger partial charge in [-0.15, -0.1) is 15.3 Å². The Kier molecular flexibility index (Phi) is 8.72. The number of carbonyl (C=O) groups is 1. The van der Waals surface area contributed by atoms with Gasteiger partial charge in [0.2, 0.25) is 0 Å². The lowest BCUT2D eigenvalue weighted by Gasteiger charge is -2.32. The molecule has 1 amide bonds. The molecule has 3 aromatic rings. The van der Waals surface area contributed by atoms with Crippen LogP contribution in [0.15, 0.2) is 24.4 Å². The molecule has 1 N–H and O–H groups in total. The van der Waals surface area contributed by atoms with E-state index in [2.05, 4.69) is 30.8 Å². The number of piperidine rings is 1. The maximum atomic E-state index is 13.7. The van der Waals surface area contributed by atoms with Gasteiger partial charge in [-0.1, -0.05) is 30.5 Å². The van der Waals surface area contributed by atoms with E-state index < -0.39 is 11.7 Å². The zero-order valence-electron chi connectivity index (χ0n) is 20.7. The molecule has 0 aliphatic carbocycles. The molecule has 1 aliphatic heterocycles. The number of unbranched alkanes of at least 4 members (excludes halogenated alkanes) is 2. The first kappa shape index (κ1) is 26.6. The number of ether oxygens (including phenoxy) is 1. The first-order chi connectivity index (χ1) is 17.8. The molecule has 0 radical (unpaired) electrons. The van der Waals surface area contributed by atoms with Crippen LogP contribution >= 0.6 is 0 Å². The van der Waals surface area contributed by atoms with Gasteiger partial charge in [-0.3, -0.25) is 9.89 Å². The summed E-state index contributed by atoms with van der Waals surface area (Å²) in [5.74, 6) is 0.672. The van der Waals surface area contributed by atoms with E-state index in [1.807, 2.05) is 6.20 Å². The Balaban J connectivity index is 1.25. The minimum atomic E-state index is -4.59. The predicted molar refractivity (Wildman–Crippen MR) is 126 cm³/mol. The molecule has 0 atom stereocenters. The van der Waals surface area contributed by atoms with Crippen LogP contribution in [0.3, 0.4) is 0 Å². The Morgan fingerprint density at radius 3 is 2.65 bits per heavy atom.